The second-order valence-corrected chi connectivity index (χ2v) is 10.7. The van der Waals surface area contributed by atoms with Gasteiger partial charge in [0.1, 0.15) is 5.60 Å². The summed E-state index contributed by atoms with van der Waals surface area (Å²) in [5, 5.41) is 5.74. The van der Waals surface area contributed by atoms with Crippen LogP contribution >= 0.6 is 0 Å². The molecule has 2 aliphatic rings. The molecule has 0 bridgehead atoms. The van der Waals surface area contributed by atoms with E-state index in [1.54, 1.807) is 4.90 Å². The van der Waals surface area contributed by atoms with Crippen LogP contribution in [-0.4, -0.2) is 35.6 Å². The van der Waals surface area contributed by atoms with Crippen LogP contribution in [0.25, 0.3) is 16.3 Å². The largest absolute Gasteiger partial charge is 0.444 e. The van der Waals surface area contributed by atoms with Gasteiger partial charge < -0.3 is 15.0 Å². The number of hydrogen-bond donors (Lipinski definition) is 1. The van der Waals surface area contributed by atoms with Gasteiger partial charge in [0.05, 0.1) is 5.54 Å². The van der Waals surface area contributed by atoms with E-state index in [2.05, 4.69) is 35.6 Å². The van der Waals surface area contributed by atoms with Gasteiger partial charge in [-0.05, 0) is 79.6 Å². The predicted octanol–water partition coefficient (Wildman–Crippen LogP) is 6.20. The van der Waals surface area contributed by atoms with Crippen molar-refractivity contribution in [3.05, 3.63) is 89.0 Å². The molecular formula is C30H32N2O3. The molecule has 1 saturated carbocycles. The number of rotatable bonds is 4. The highest BCUT2D eigenvalue weighted by Gasteiger charge is 2.46. The van der Waals surface area contributed by atoms with E-state index in [0.717, 1.165) is 29.5 Å². The van der Waals surface area contributed by atoms with E-state index in [9.17, 15) is 9.59 Å². The summed E-state index contributed by atoms with van der Waals surface area (Å²) >= 11 is 0. The van der Waals surface area contributed by atoms with Gasteiger partial charge in [-0.1, -0.05) is 60.7 Å². The van der Waals surface area contributed by atoms with E-state index in [-0.39, 0.29) is 17.5 Å². The lowest BCUT2D eigenvalue weighted by Crippen LogP contribution is -2.35. The van der Waals surface area contributed by atoms with E-state index in [1.807, 2.05) is 64.1 Å². The molecule has 180 valence electrons. The van der Waals surface area contributed by atoms with Crippen LogP contribution in [0, 0.1) is 6.92 Å². The van der Waals surface area contributed by atoms with E-state index in [4.69, 9.17) is 4.74 Å². The summed E-state index contributed by atoms with van der Waals surface area (Å²) in [6.45, 7) is 8.54. The third-order valence-electron chi connectivity index (χ3n) is 6.83. The Morgan fingerprint density at radius 2 is 1.74 bits per heavy atom. The first-order valence-corrected chi connectivity index (χ1v) is 12.2. The van der Waals surface area contributed by atoms with Crippen LogP contribution in [0.1, 0.15) is 60.7 Å². The third kappa shape index (κ3) is 4.68. The van der Waals surface area contributed by atoms with E-state index in [1.165, 1.54) is 16.3 Å². The molecule has 1 aliphatic carbocycles. The number of nitrogens with zero attached hydrogens (tertiary/aromatic N) is 1. The van der Waals surface area contributed by atoms with Crippen LogP contribution in [-0.2, 0) is 10.3 Å². The van der Waals surface area contributed by atoms with Crippen molar-refractivity contribution >= 4 is 28.3 Å². The van der Waals surface area contributed by atoms with Crippen LogP contribution in [0.3, 0.4) is 0 Å². The Hall–Kier alpha value is -3.60. The van der Waals surface area contributed by atoms with Crippen molar-refractivity contribution < 1.29 is 14.3 Å². The lowest BCUT2D eigenvalue weighted by Gasteiger charge is -2.24. The second-order valence-electron chi connectivity index (χ2n) is 10.7. The number of aryl methyl sites for hydroxylation is 1. The van der Waals surface area contributed by atoms with Crippen molar-refractivity contribution in [1.29, 1.82) is 0 Å². The van der Waals surface area contributed by atoms with Gasteiger partial charge in [-0.2, -0.15) is 0 Å². The molecule has 1 fully saturated rings. The van der Waals surface area contributed by atoms with Gasteiger partial charge in [-0.25, -0.2) is 4.79 Å². The van der Waals surface area contributed by atoms with Gasteiger partial charge in [0.15, 0.2) is 0 Å². The molecule has 0 radical (unpaired) electrons. The molecule has 1 heterocycles. The topological polar surface area (TPSA) is 58.6 Å². The van der Waals surface area contributed by atoms with Gasteiger partial charge in [0.25, 0.3) is 5.91 Å². The minimum absolute atomic E-state index is 0.0580. The van der Waals surface area contributed by atoms with Crippen molar-refractivity contribution in [1.82, 2.24) is 10.2 Å². The minimum atomic E-state index is -0.530. The summed E-state index contributed by atoms with van der Waals surface area (Å²) in [6, 6.07) is 20.6. The van der Waals surface area contributed by atoms with Gasteiger partial charge in [0.2, 0.25) is 0 Å². The summed E-state index contributed by atoms with van der Waals surface area (Å²) in [5.41, 5.74) is 3.93. The molecule has 3 aromatic rings. The first kappa shape index (κ1) is 23.2. The Labute approximate surface area is 206 Å². The number of ether oxygens (including phenoxy) is 1. The molecule has 1 aliphatic heterocycles. The maximum absolute atomic E-state index is 13.5. The molecule has 3 aromatic carbocycles. The maximum Gasteiger partial charge on any atom is 0.410 e. The van der Waals surface area contributed by atoms with Crippen LogP contribution in [0.4, 0.5) is 4.79 Å². The van der Waals surface area contributed by atoms with Crippen molar-refractivity contribution in [2.45, 2.75) is 51.7 Å². The highest BCUT2D eigenvalue weighted by molar-refractivity contribution is 5.98. The molecule has 5 rings (SSSR count). The van der Waals surface area contributed by atoms with E-state index < -0.39 is 5.60 Å². The monoisotopic (exact) mass is 468 g/mol. The molecule has 5 heteroatoms. The fourth-order valence-electron chi connectivity index (χ4n) is 4.81. The summed E-state index contributed by atoms with van der Waals surface area (Å²) in [5.74, 6) is -0.0580. The third-order valence-corrected chi connectivity index (χ3v) is 6.83. The number of amides is 2. The van der Waals surface area contributed by atoms with Gasteiger partial charge in [-0.15, -0.1) is 0 Å². The molecule has 0 spiro atoms. The Kier molecular flexibility index (Phi) is 5.66. The highest BCUT2D eigenvalue weighted by atomic mass is 16.6. The average Bonchev–Trinajstić information content (AvgIpc) is 3.41. The molecular weight excluding hydrogens is 436 g/mol. The zero-order chi connectivity index (χ0) is 24.8. The number of carbonyl (C=O) groups excluding carboxylic acids is 2. The van der Waals surface area contributed by atoms with Gasteiger partial charge in [0, 0.05) is 18.7 Å². The maximum atomic E-state index is 13.5. The van der Waals surface area contributed by atoms with Crippen molar-refractivity contribution in [2.75, 3.05) is 13.1 Å². The molecule has 0 saturated heterocycles. The van der Waals surface area contributed by atoms with Gasteiger partial charge >= 0.3 is 6.09 Å². The summed E-state index contributed by atoms with van der Waals surface area (Å²) in [4.78, 5) is 27.7. The van der Waals surface area contributed by atoms with Crippen LogP contribution in [0.15, 0.2) is 66.7 Å². The first-order chi connectivity index (χ1) is 16.7. The first-order valence-electron chi connectivity index (χ1n) is 12.2. The van der Waals surface area contributed by atoms with Crippen LogP contribution in [0.5, 0.6) is 0 Å². The Balaban J connectivity index is 1.35. The predicted molar refractivity (Wildman–Crippen MR) is 139 cm³/mol. The molecule has 2 amide bonds. The zero-order valence-electron chi connectivity index (χ0n) is 20.9. The lowest BCUT2D eigenvalue weighted by atomic mass is 9.95. The van der Waals surface area contributed by atoms with Gasteiger partial charge in [-0.3, -0.25) is 4.79 Å². The molecule has 0 unspecified atom stereocenters. The van der Waals surface area contributed by atoms with Crippen molar-refractivity contribution in [3.63, 3.8) is 0 Å². The molecule has 35 heavy (non-hydrogen) atoms. The van der Waals surface area contributed by atoms with Crippen LogP contribution in [0.2, 0.25) is 0 Å². The van der Waals surface area contributed by atoms with Crippen molar-refractivity contribution in [2.24, 2.45) is 0 Å². The highest BCUT2D eigenvalue weighted by Crippen LogP contribution is 2.48. The molecule has 0 atom stereocenters. The standard InChI is InChI=1S/C30H32N2O3/c1-20-12-13-22(23-14-17-32(19-23)28(34)35-29(2,3)4)18-25(20)27(33)31-30(15-16-30)26-11-7-9-21-8-5-6-10-24(21)26/h5-14,18H,15-17,19H2,1-4H3,(H,31,33). The minimum Gasteiger partial charge on any atom is -0.444 e. The Morgan fingerprint density at radius 1 is 1.00 bits per heavy atom. The van der Waals surface area contributed by atoms with E-state index >= 15 is 0 Å². The van der Waals surface area contributed by atoms with Crippen molar-refractivity contribution in [3.8, 4) is 0 Å². The summed E-state index contributed by atoms with van der Waals surface area (Å²) < 4.78 is 5.51. The number of benzene rings is 3. The summed E-state index contributed by atoms with van der Waals surface area (Å²) in [6.07, 6.45) is 3.58. The SMILES string of the molecule is Cc1ccc(C2=CCN(C(=O)OC(C)(C)C)C2)cc1C(=O)NC1(c2cccc3ccccc23)CC1. The molecule has 5 nitrogen and oxygen atoms in total. The zero-order valence-corrected chi connectivity index (χ0v) is 20.9. The second kappa shape index (κ2) is 8.56. The smallest absolute Gasteiger partial charge is 0.410 e. The molecule has 0 aromatic heterocycles. The van der Waals surface area contributed by atoms with Crippen LogP contribution < -0.4 is 5.32 Å². The fraction of sp³-hybridized carbons (Fsp3) is 0.333. The molecule has 1 N–H and O–H groups in total. The normalized spacial score (nSPS) is 16.7. The average molecular weight is 469 g/mol. The lowest BCUT2D eigenvalue weighted by molar-refractivity contribution is 0.0306. The number of carbonyl (C=O) groups is 2. The fourth-order valence-corrected chi connectivity index (χ4v) is 4.81. The number of fused-ring (bicyclic) bond motifs is 1. The number of nitrogens with one attached hydrogen (secondary N) is 1. The number of hydrogen-bond acceptors (Lipinski definition) is 3. The Morgan fingerprint density at radius 3 is 2.49 bits per heavy atom. The quantitative estimate of drug-likeness (QED) is 0.496. The van der Waals surface area contributed by atoms with E-state index in [0.29, 0.717) is 18.7 Å². The Bertz CT molecular complexity index is 1340. The summed E-state index contributed by atoms with van der Waals surface area (Å²) in [7, 11) is 0.